The number of hydrogen-bond acceptors (Lipinski definition) is 5. The Morgan fingerprint density at radius 2 is 1.87 bits per heavy atom. The Balaban J connectivity index is 1.24. The van der Waals surface area contributed by atoms with Gasteiger partial charge in [0.25, 0.3) is 5.91 Å². The smallest absolute Gasteiger partial charge is 0.416 e. The molecule has 0 aliphatic carbocycles. The molecule has 1 aliphatic heterocycles. The van der Waals surface area contributed by atoms with Crippen molar-refractivity contribution in [2.24, 2.45) is 0 Å². The normalized spacial score (nSPS) is 15.2. The highest BCUT2D eigenvalue weighted by Crippen LogP contribution is 2.34. The van der Waals surface area contributed by atoms with Gasteiger partial charge >= 0.3 is 6.18 Å². The summed E-state index contributed by atoms with van der Waals surface area (Å²) in [5.41, 5.74) is 2.42. The zero-order chi connectivity index (χ0) is 27.1. The molecule has 1 amide bonds. The average Bonchev–Trinajstić information content (AvgIpc) is 3.55. The molecule has 0 bridgehead atoms. The summed E-state index contributed by atoms with van der Waals surface area (Å²) < 4.78 is 46.8. The Hall–Kier alpha value is -4.38. The number of nitrogens with zero attached hydrogens (tertiary/aromatic N) is 3. The number of ether oxygens (including phenoxy) is 1. The van der Waals surface area contributed by atoms with Crippen LogP contribution in [0.4, 0.5) is 18.9 Å². The van der Waals surface area contributed by atoms with Crippen LogP contribution in [0.15, 0.2) is 60.8 Å². The standard InChI is InChI=1S/C28H25F3N6O2/c1-37-8-6-21(7-9-37)39-22-11-18(10-19(13-22)28(29,30)31)27(38)33-20-4-5-23-25(14-20)35-26(34-23)16-2-3-17-15-32-36-24(17)12-16/h2-5,10-15,21H,6-9H2,1H3,(H,32,36)(H,33,38)(H,34,35). The van der Waals surface area contributed by atoms with E-state index in [0.29, 0.717) is 29.9 Å². The minimum atomic E-state index is -4.62. The van der Waals surface area contributed by atoms with Crippen LogP contribution in [0.3, 0.4) is 0 Å². The number of halogens is 3. The third-order valence-corrected chi connectivity index (χ3v) is 6.92. The fourth-order valence-corrected chi connectivity index (χ4v) is 4.76. The minimum Gasteiger partial charge on any atom is -0.490 e. The Morgan fingerprint density at radius 3 is 2.67 bits per heavy atom. The molecule has 0 unspecified atom stereocenters. The molecule has 3 N–H and O–H groups in total. The zero-order valence-electron chi connectivity index (χ0n) is 21.0. The molecule has 1 saturated heterocycles. The Bertz CT molecular complexity index is 1670. The van der Waals surface area contributed by atoms with E-state index in [1.54, 1.807) is 24.4 Å². The molecule has 1 aliphatic rings. The molecule has 1 fully saturated rings. The second-order valence-corrected chi connectivity index (χ2v) is 9.81. The summed E-state index contributed by atoms with van der Waals surface area (Å²) in [4.78, 5) is 23.1. The highest BCUT2D eigenvalue weighted by molar-refractivity contribution is 6.05. The maximum absolute atomic E-state index is 13.6. The summed E-state index contributed by atoms with van der Waals surface area (Å²) in [6.45, 7) is 1.60. The van der Waals surface area contributed by atoms with Crippen molar-refractivity contribution in [3.8, 4) is 17.1 Å². The van der Waals surface area contributed by atoms with Gasteiger partial charge in [-0.25, -0.2) is 4.98 Å². The number of piperidine rings is 1. The molecule has 5 aromatic rings. The molecule has 2 aromatic heterocycles. The van der Waals surface area contributed by atoms with Crippen LogP contribution in [0, 0.1) is 0 Å². The lowest BCUT2D eigenvalue weighted by atomic mass is 10.1. The molecule has 11 heteroatoms. The van der Waals surface area contributed by atoms with E-state index in [2.05, 4.69) is 30.4 Å². The second-order valence-electron chi connectivity index (χ2n) is 9.81. The molecule has 8 nitrogen and oxygen atoms in total. The van der Waals surface area contributed by atoms with E-state index in [9.17, 15) is 18.0 Å². The number of nitrogens with one attached hydrogen (secondary N) is 3. The van der Waals surface area contributed by atoms with E-state index < -0.39 is 17.6 Å². The van der Waals surface area contributed by atoms with Crippen molar-refractivity contribution in [1.82, 2.24) is 25.1 Å². The van der Waals surface area contributed by atoms with Crippen molar-refractivity contribution in [1.29, 1.82) is 0 Å². The van der Waals surface area contributed by atoms with E-state index >= 15 is 0 Å². The van der Waals surface area contributed by atoms with Crippen LogP contribution in [-0.4, -0.2) is 57.2 Å². The van der Waals surface area contributed by atoms with Gasteiger partial charge in [-0.3, -0.25) is 9.89 Å². The van der Waals surface area contributed by atoms with Crippen molar-refractivity contribution in [2.45, 2.75) is 25.1 Å². The number of benzene rings is 3. The molecule has 0 radical (unpaired) electrons. The molecule has 0 spiro atoms. The van der Waals surface area contributed by atoms with E-state index in [0.717, 1.165) is 47.2 Å². The van der Waals surface area contributed by atoms with Gasteiger partial charge in [0.05, 0.1) is 28.3 Å². The lowest BCUT2D eigenvalue weighted by molar-refractivity contribution is -0.137. The predicted molar refractivity (Wildman–Crippen MR) is 142 cm³/mol. The van der Waals surface area contributed by atoms with Crippen molar-refractivity contribution >= 4 is 33.5 Å². The van der Waals surface area contributed by atoms with Crippen LogP contribution in [0.2, 0.25) is 0 Å². The summed E-state index contributed by atoms with van der Waals surface area (Å²) in [7, 11) is 1.99. The molecule has 0 atom stereocenters. The van der Waals surface area contributed by atoms with E-state index in [-0.39, 0.29) is 17.4 Å². The molecule has 200 valence electrons. The van der Waals surface area contributed by atoms with Gasteiger partial charge < -0.3 is 19.9 Å². The largest absolute Gasteiger partial charge is 0.490 e. The van der Waals surface area contributed by atoms with Crippen LogP contribution < -0.4 is 10.1 Å². The highest BCUT2D eigenvalue weighted by atomic mass is 19.4. The van der Waals surface area contributed by atoms with Crippen molar-refractivity contribution in [3.05, 3.63) is 71.9 Å². The number of amides is 1. The molecular formula is C28H25F3N6O2. The van der Waals surface area contributed by atoms with Gasteiger partial charge in [-0.1, -0.05) is 12.1 Å². The van der Waals surface area contributed by atoms with Crippen LogP contribution in [0.25, 0.3) is 33.3 Å². The third kappa shape index (κ3) is 5.30. The van der Waals surface area contributed by atoms with Gasteiger partial charge in [0.1, 0.15) is 17.7 Å². The molecule has 3 heterocycles. The lowest BCUT2D eigenvalue weighted by Crippen LogP contribution is -2.35. The topological polar surface area (TPSA) is 98.9 Å². The molecular weight excluding hydrogens is 509 g/mol. The Kier molecular flexibility index (Phi) is 6.22. The van der Waals surface area contributed by atoms with E-state index in [4.69, 9.17) is 4.74 Å². The Morgan fingerprint density at radius 1 is 1.05 bits per heavy atom. The summed E-state index contributed by atoms with van der Waals surface area (Å²) in [5.74, 6) is -0.00107. The number of likely N-dealkylation sites (tertiary alicyclic amines) is 1. The Labute approximate surface area is 221 Å². The molecule has 0 saturated carbocycles. The number of alkyl halides is 3. The predicted octanol–water partition coefficient (Wildman–Crippen LogP) is 5.85. The minimum absolute atomic E-state index is 0.0335. The first kappa shape index (κ1) is 24.9. The zero-order valence-corrected chi connectivity index (χ0v) is 21.0. The third-order valence-electron chi connectivity index (χ3n) is 6.92. The number of carbonyl (C=O) groups excluding carboxylic acids is 1. The molecule has 6 rings (SSSR count). The van der Waals surface area contributed by atoms with Crippen LogP contribution in [0.5, 0.6) is 5.75 Å². The number of aromatic amines is 2. The first-order chi connectivity index (χ1) is 18.7. The number of H-pyrrole nitrogens is 2. The second kappa shape index (κ2) is 9.73. The summed E-state index contributed by atoms with van der Waals surface area (Å²) in [6, 6.07) is 14.1. The van der Waals surface area contributed by atoms with Gasteiger partial charge in [-0.05, 0) is 62.4 Å². The first-order valence-corrected chi connectivity index (χ1v) is 12.5. The van der Waals surface area contributed by atoms with Crippen molar-refractivity contribution in [2.75, 3.05) is 25.5 Å². The summed E-state index contributed by atoms with van der Waals surface area (Å²) >= 11 is 0. The molecule has 3 aromatic carbocycles. The quantitative estimate of drug-likeness (QED) is 0.263. The van der Waals surface area contributed by atoms with Gasteiger partial charge in [0.2, 0.25) is 0 Å². The molecule has 39 heavy (non-hydrogen) atoms. The van der Waals surface area contributed by atoms with Crippen LogP contribution in [0.1, 0.15) is 28.8 Å². The number of anilines is 1. The number of rotatable bonds is 5. The van der Waals surface area contributed by atoms with Crippen LogP contribution in [-0.2, 0) is 6.18 Å². The van der Waals surface area contributed by atoms with Gasteiger partial charge in [-0.2, -0.15) is 18.3 Å². The van der Waals surface area contributed by atoms with E-state index in [1.165, 1.54) is 6.07 Å². The number of fused-ring (bicyclic) bond motifs is 2. The summed E-state index contributed by atoms with van der Waals surface area (Å²) in [5, 5.41) is 10.6. The monoisotopic (exact) mass is 534 g/mol. The maximum atomic E-state index is 13.6. The number of aromatic nitrogens is 4. The number of imidazole rings is 1. The number of carbonyl (C=O) groups is 1. The fourth-order valence-electron chi connectivity index (χ4n) is 4.76. The number of hydrogen-bond donors (Lipinski definition) is 3. The highest BCUT2D eigenvalue weighted by Gasteiger charge is 2.32. The van der Waals surface area contributed by atoms with Crippen molar-refractivity contribution in [3.63, 3.8) is 0 Å². The van der Waals surface area contributed by atoms with Crippen LogP contribution >= 0.6 is 0 Å². The van der Waals surface area contributed by atoms with E-state index in [1.807, 2.05) is 25.2 Å². The van der Waals surface area contributed by atoms with Crippen molar-refractivity contribution < 1.29 is 22.7 Å². The average molecular weight is 535 g/mol. The maximum Gasteiger partial charge on any atom is 0.416 e. The van der Waals surface area contributed by atoms with Gasteiger partial charge in [0.15, 0.2) is 0 Å². The van der Waals surface area contributed by atoms with Gasteiger partial charge in [-0.15, -0.1) is 0 Å². The van der Waals surface area contributed by atoms with Gasteiger partial charge in [0, 0.05) is 35.3 Å². The lowest BCUT2D eigenvalue weighted by Gasteiger charge is -2.29. The first-order valence-electron chi connectivity index (χ1n) is 12.5. The fraction of sp³-hybridized carbons (Fsp3) is 0.250. The summed E-state index contributed by atoms with van der Waals surface area (Å²) in [6.07, 6.45) is -1.68. The SMILES string of the molecule is CN1CCC(Oc2cc(C(=O)Nc3ccc4[nH]c(-c5ccc6cn[nH]c6c5)nc4c3)cc(C(F)(F)F)c2)CC1.